The van der Waals surface area contributed by atoms with Crippen molar-refractivity contribution in [2.75, 3.05) is 13.1 Å². The maximum atomic E-state index is 14.5. The number of pyridine rings is 1. The van der Waals surface area contributed by atoms with Crippen LogP contribution in [0.1, 0.15) is 59.1 Å². The fraction of sp³-hybridized carbons (Fsp3) is 0.321. The number of nitrogens with zero attached hydrogens (tertiary/aromatic N) is 5. The number of halogens is 2. The highest BCUT2D eigenvalue weighted by Gasteiger charge is 2.35. The number of aromatic hydroxyl groups is 1. The molecule has 1 unspecified atom stereocenters. The van der Waals surface area contributed by atoms with Gasteiger partial charge in [0.15, 0.2) is 16.4 Å². The van der Waals surface area contributed by atoms with E-state index >= 15 is 0 Å². The van der Waals surface area contributed by atoms with Gasteiger partial charge in [-0.1, -0.05) is 43.6 Å². The lowest BCUT2D eigenvalue weighted by Gasteiger charge is -2.21. The number of benzene rings is 1. The van der Waals surface area contributed by atoms with E-state index in [-0.39, 0.29) is 35.5 Å². The van der Waals surface area contributed by atoms with Crippen molar-refractivity contribution in [3.63, 3.8) is 0 Å². The van der Waals surface area contributed by atoms with E-state index in [9.17, 15) is 19.1 Å². The molecule has 4 aromatic rings. The van der Waals surface area contributed by atoms with Gasteiger partial charge in [-0.15, -0.1) is 11.3 Å². The molecule has 1 saturated heterocycles. The van der Waals surface area contributed by atoms with Crippen LogP contribution in [0.15, 0.2) is 40.6 Å². The molecule has 1 amide bonds. The molecule has 4 heterocycles. The van der Waals surface area contributed by atoms with Gasteiger partial charge in [0.25, 0.3) is 11.5 Å². The molecule has 1 fully saturated rings. The number of hydrogen-bond donors (Lipinski definition) is 1. The first-order chi connectivity index (χ1) is 18.7. The highest BCUT2D eigenvalue weighted by molar-refractivity contribution is 7.13. The van der Waals surface area contributed by atoms with Gasteiger partial charge in [0.1, 0.15) is 5.82 Å². The quantitative estimate of drug-likeness (QED) is 0.339. The van der Waals surface area contributed by atoms with E-state index in [2.05, 4.69) is 15.0 Å². The predicted molar refractivity (Wildman–Crippen MR) is 149 cm³/mol. The smallest absolute Gasteiger partial charge is 0.275 e. The molecule has 202 valence electrons. The van der Waals surface area contributed by atoms with Crippen molar-refractivity contribution in [1.29, 1.82) is 0 Å². The van der Waals surface area contributed by atoms with Crippen molar-refractivity contribution < 1.29 is 14.3 Å². The average Bonchev–Trinajstić information content (AvgIpc) is 3.57. The standard InChI is InChI=1S/C28H27ClFN5O3S/c1-4-16-7-6-8-17(5-2)23(16)35-24(26-32-15(3)14-39-26)33-25(36)21(28(35)38)27(37)34-10-9-18(13-34)22-20(30)11-19(29)12-31-22/h6-8,11-12,14,18,36H,4-5,9-10,13H2,1-3H3. The van der Waals surface area contributed by atoms with Crippen molar-refractivity contribution in [3.8, 4) is 22.4 Å². The lowest BCUT2D eigenvalue weighted by atomic mass is 10.0. The zero-order valence-corrected chi connectivity index (χ0v) is 23.3. The predicted octanol–water partition coefficient (Wildman–Crippen LogP) is 5.31. The molecule has 5 rings (SSSR count). The van der Waals surface area contributed by atoms with E-state index in [0.717, 1.165) is 16.8 Å². The Hall–Kier alpha value is -3.63. The monoisotopic (exact) mass is 567 g/mol. The average molecular weight is 568 g/mol. The molecule has 1 aliphatic rings. The summed E-state index contributed by atoms with van der Waals surface area (Å²) in [6, 6.07) is 7.00. The summed E-state index contributed by atoms with van der Waals surface area (Å²) in [6.07, 6.45) is 3.11. The maximum Gasteiger partial charge on any atom is 0.275 e. The Kier molecular flexibility index (Phi) is 7.51. The Morgan fingerprint density at radius 2 is 1.95 bits per heavy atom. The molecule has 0 saturated carbocycles. The van der Waals surface area contributed by atoms with E-state index < -0.39 is 28.7 Å². The largest absolute Gasteiger partial charge is 0.493 e. The van der Waals surface area contributed by atoms with E-state index in [1.165, 1.54) is 33.1 Å². The number of carbonyl (C=O) groups excluding carboxylic acids is 1. The lowest BCUT2D eigenvalue weighted by Crippen LogP contribution is -2.36. The first kappa shape index (κ1) is 27.0. The van der Waals surface area contributed by atoms with Gasteiger partial charge in [-0.05, 0) is 43.4 Å². The van der Waals surface area contributed by atoms with Crippen LogP contribution < -0.4 is 5.56 Å². The summed E-state index contributed by atoms with van der Waals surface area (Å²) in [6.45, 7) is 6.23. The van der Waals surface area contributed by atoms with E-state index in [4.69, 9.17) is 11.6 Å². The third-order valence-corrected chi connectivity index (χ3v) is 8.14. The Morgan fingerprint density at radius 3 is 2.56 bits per heavy atom. The number of carbonyl (C=O) groups is 1. The van der Waals surface area contributed by atoms with Crippen molar-refractivity contribution >= 4 is 28.8 Å². The summed E-state index contributed by atoms with van der Waals surface area (Å²) in [7, 11) is 0. The lowest BCUT2D eigenvalue weighted by molar-refractivity contribution is 0.0784. The van der Waals surface area contributed by atoms with Crippen molar-refractivity contribution in [2.45, 2.75) is 46.0 Å². The molecule has 0 bridgehead atoms. The number of aryl methyl sites for hydroxylation is 3. The third kappa shape index (κ3) is 4.94. The van der Waals surface area contributed by atoms with Crippen LogP contribution in [0.25, 0.3) is 16.5 Å². The molecule has 0 spiro atoms. The van der Waals surface area contributed by atoms with E-state index in [1.807, 2.05) is 44.4 Å². The fourth-order valence-corrected chi connectivity index (χ4v) is 5.98. The van der Waals surface area contributed by atoms with Crippen molar-refractivity contribution in [1.82, 2.24) is 24.4 Å². The van der Waals surface area contributed by atoms with Gasteiger partial charge < -0.3 is 10.0 Å². The minimum Gasteiger partial charge on any atom is -0.493 e. The molecule has 0 aliphatic carbocycles. The highest BCUT2D eigenvalue weighted by Crippen LogP contribution is 2.32. The number of thiazole rings is 1. The van der Waals surface area contributed by atoms with Crippen LogP contribution >= 0.6 is 22.9 Å². The van der Waals surface area contributed by atoms with E-state index in [0.29, 0.717) is 30.0 Å². The summed E-state index contributed by atoms with van der Waals surface area (Å²) in [5, 5.41) is 13.5. The van der Waals surface area contributed by atoms with Crippen LogP contribution in [0.4, 0.5) is 4.39 Å². The molecule has 39 heavy (non-hydrogen) atoms. The van der Waals surface area contributed by atoms with Gasteiger partial charge in [-0.2, -0.15) is 4.98 Å². The zero-order valence-electron chi connectivity index (χ0n) is 21.7. The molecular weight excluding hydrogens is 541 g/mol. The second kappa shape index (κ2) is 10.9. The van der Waals surface area contributed by atoms with Gasteiger partial charge in [0, 0.05) is 36.3 Å². The molecule has 1 N–H and O–H groups in total. The number of aromatic nitrogens is 4. The van der Waals surface area contributed by atoms with Gasteiger partial charge in [0.05, 0.1) is 16.4 Å². The number of likely N-dealkylation sites (tertiary alicyclic amines) is 1. The Labute approximate surface area is 233 Å². The molecule has 3 aromatic heterocycles. The third-order valence-electron chi connectivity index (χ3n) is 6.98. The molecule has 0 radical (unpaired) electrons. The van der Waals surface area contributed by atoms with Crippen molar-refractivity contribution in [2.24, 2.45) is 0 Å². The second-order valence-electron chi connectivity index (χ2n) is 9.46. The van der Waals surface area contributed by atoms with Crippen LogP contribution in [0, 0.1) is 12.7 Å². The highest BCUT2D eigenvalue weighted by atomic mass is 35.5. The summed E-state index contributed by atoms with van der Waals surface area (Å²) < 4.78 is 15.9. The topological polar surface area (TPSA) is 101 Å². The van der Waals surface area contributed by atoms with Crippen LogP contribution in [-0.4, -0.2) is 48.5 Å². The molecule has 1 aromatic carbocycles. The zero-order chi connectivity index (χ0) is 27.8. The number of rotatable bonds is 6. The van der Waals surface area contributed by atoms with Gasteiger partial charge in [0.2, 0.25) is 5.88 Å². The van der Waals surface area contributed by atoms with Crippen molar-refractivity contribution in [3.05, 3.63) is 85.1 Å². The summed E-state index contributed by atoms with van der Waals surface area (Å²) >= 11 is 7.15. The second-order valence-corrected chi connectivity index (χ2v) is 10.8. The molecule has 1 aliphatic heterocycles. The van der Waals surface area contributed by atoms with Gasteiger partial charge in [-0.25, -0.2) is 9.37 Å². The first-order valence-corrected chi connectivity index (χ1v) is 14.0. The van der Waals surface area contributed by atoms with Crippen LogP contribution in [0.5, 0.6) is 5.88 Å². The SMILES string of the molecule is CCc1cccc(CC)c1-n1c(-c2nc(C)cs2)nc(O)c(C(=O)N2CCC(c3ncc(Cl)cc3F)C2)c1=O. The van der Waals surface area contributed by atoms with Crippen LogP contribution in [-0.2, 0) is 12.8 Å². The first-order valence-electron chi connectivity index (χ1n) is 12.7. The molecule has 11 heteroatoms. The van der Waals surface area contributed by atoms with Crippen LogP contribution in [0.2, 0.25) is 5.02 Å². The fourth-order valence-electron chi connectivity index (χ4n) is 5.06. The Balaban J connectivity index is 1.63. The minimum atomic E-state index is -0.676. The number of hydrogen-bond acceptors (Lipinski definition) is 7. The summed E-state index contributed by atoms with van der Waals surface area (Å²) in [5.41, 5.74) is 2.32. The molecular formula is C28H27ClFN5O3S. The van der Waals surface area contributed by atoms with Gasteiger partial charge >= 0.3 is 0 Å². The van der Waals surface area contributed by atoms with Gasteiger partial charge in [-0.3, -0.25) is 19.1 Å². The Bertz CT molecular complexity index is 1610. The molecule has 1 atom stereocenters. The normalized spacial score (nSPS) is 15.2. The van der Waals surface area contributed by atoms with E-state index in [1.54, 1.807) is 0 Å². The maximum absolute atomic E-state index is 14.5. The Morgan fingerprint density at radius 1 is 1.23 bits per heavy atom. The number of amides is 1. The van der Waals surface area contributed by atoms with Crippen LogP contribution in [0.3, 0.4) is 0 Å². The molecule has 8 nitrogen and oxygen atoms in total. The minimum absolute atomic E-state index is 0.141. The summed E-state index contributed by atoms with van der Waals surface area (Å²) in [5.74, 6) is -2.05. The summed E-state index contributed by atoms with van der Waals surface area (Å²) in [4.78, 5) is 42.3. The number of para-hydroxylation sites is 1.